The summed E-state index contributed by atoms with van der Waals surface area (Å²) in [6, 6.07) is 7.30. The molecule has 0 aliphatic carbocycles. The second-order valence-corrected chi connectivity index (χ2v) is 5.87. The average molecular weight is 348 g/mol. The van der Waals surface area contributed by atoms with Crippen LogP contribution in [0.1, 0.15) is 11.1 Å². The van der Waals surface area contributed by atoms with Crippen molar-refractivity contribution in [2.75, 3.05) is 7.11 Å². The third-order valence-electron chi connectivity index (χ3n) is 3.10. The topological polar surface area (TPSA) is 96.1 Å². The van der Waals surface area contributed by atoms with Crippen molar-refractivity contribution in [3.8, 4) is 11.8 Å². The Morgan fingerprint density at radius 3 is 3.09 bits per heavy atom. The molecule has 0 bridgehead atoms. The summed E-state index contributed by atoms with van der Waals surface area (Å²) in [5.74, 6) is 1.19. The first kappa shape index (κ1) is 15.4. The van der Waals surface area contributed by atoms with Gasteiger partial charge in [0, 0.05) is 10.8 Å². The molecule has 0 saturated carbocycles. The fraction of sp³-hybridized carbons (Fsp3) is 0.143. The van der Waals surface area contributed by atoms with Crippen LogP contribution in [0, 0.1) is 11.3 Å². The highest BCUT2D eigenvalue weighted by atomic mass is 35.5. The van der Waals surface area contributed by atoms with E-state index in [4.69, 9.17) is 21.6 Å². The number of nitrogens with one attached hydrogen (secondary N) is 1. The molecular formula is C14H10ClN5O2S. The van der Waals surface area contributed by atoms with Gasteiger partial charge in [-0.25, -0.2) is 9.78 Å². The molecular weight excluding hydrogens is 338 g/mol. The summed E-state index contributed by atoms with van der Waals surface area (Å²) in [6.45, 7) is 0. The first-order chi connectivity index (χ1) is 11.1. The number of hydrogen-bond donors (Lipinski definition) is 1. The molecule has 0 radical (unpaired) electrons. The Kier molecular flexibility index (Phi) is 4.23. The van der Waals surface area contributed by atoms with E-state index in [1.54, 1.807) is 19.2 Å². The van der Waals surface area contributed by atoms with E-state index < -0.39 is 5.69 Å². The number of aromatic amines is 1. The zero-order chi connectivity index (χ0) is 16.4. The highest BCUT2D eigenvalue weighted by Gasteiger charge is 2.11. The molecule has 3 aromatic rings. The molecule has 0 fully saturated rings. The summed E-state index contributed by atoms with van der Waals surface area (Å²) in [7, 11) is 1.58. The summed E-state index contributed by atoms with van der Waals surface area (Å²) in [5, 5.41) is 13.8. The Balaban J connectivity index is 1.90. The quantitative estimate of drug-likeness (QED) is 0.727. The number of rotatable bonds is 4. The second kappa shape index (κ2) is 6.32. The molecule has 1 aromatic carbocycles. The van der Waals surface area contributed by atoms with E-state index >= 15 is 0 Å². The molecule has 116 valence electrons. The maximum Gasteiger partial charge on any atom is 0.350 e. The van der Waals surface area contributed by atoms with E-state index in [9.17, 15) is 4.79 Å². The molecule has 0 spiro atoms. The van der Waals surface area contributed by atoms with Crippen LogP contribution in [0.3, 0.4) is 0 Å². The van der Waals surface area contributed by atoms with Gasteiger partial charge in [-0.05, 0) is 23.8 Å². The van der Waals surface area contributed by atoms with Crippen LogP contribution in [0.2, 0.25) is 5.02 Å². The number of hydrogen-bond acceptors (Lipinski definition) is 6. The SMILES string of the molecule is COc1ccc(Cl)c(CSc2nc3c(C#N)cnn3c(=O)[nH]2)c1. The van der Waals surface area contributed by atoms with Gasteiger partial charge in [0.05, 0.1) is 13.3 Å². The first-order valence-electron chi connectivity index (χ1n) is 6.45. The van der Waals surface area contributed by atoms with Gasteiger partial charge in [0.15, 0.2) is 10.8 Å². The Bertz CT molecular complexity index is 975. The fourth-order valence-electron chi connectivity index (χ4n) is 1.95. The summed E-state index contributed by atoms with van der Waals surface area (Å²) < 4.78 is 6.23. The van der Waals surface area contributed by atoms with E-state index in [1.807, 2.05) is 12.1 Å². The van der Waals surface area contributed by atoms with Gasteiger partial charge >= 0.3 is 5.69 Å². The van der Waals surface area contributed by atoms with E-state index in [0.29, 0.717) is 21.7 Å². The van der Waals surface area contributed by atoms with Crippen LogP contribution in [0.25, 0.3) is 5.65 Å². The molecule has 23 heavy (non-hydrogen) atoms. The van der Waals surface area contributed by atoms with Crippen LogP contribution < -0.4 is 10.4 Å². The lowest BCUT2D eigenvalue weighted by Crippen LogP contribution is -2.19. The van der Waals surface area contributed by atoms with E-state index in [0.717, 1.165) is 10.1 Å². The molecule has 0 aliphatic rings. The van der Waals surface area contributed by atoms with E-state index in [1.165, 1.54) is 18.0 Å². The zero-order valence-corrected chi connectivity index (χ0v) is 13.5. The number of ether oxygens (including phenoxy) is 1. The lowest BCUT2D eigenvalue weighted by Gasteiger charge is -2.06. The predicted octanol–water partition coefficient (Wildman–Crippen LogP) is 2.24. The van der Waals surface area contributed by atoms with Crippen LogP contribution >= 0.6 is 23.4 Å². The first-order valence-corrected chi connectivity index (χ1v) is 7.82. The summed E-state index contributed by atoms with van der Waals surface area (Å²) in [4.78, 5) is 18.8. The maximum absolute atomic E-state index is 11.9. The van der Waals surface area contributed by atoms with Crippen molar-refractivity contribution in [1.29, 1.82) is 5.26 Å². The van der Waals surface area contributed by atoms with Crippen molar-refractivity contribution < 1.29 is 4.74 Å². The standard InChI is InChI=1S/C14H10ClN5O2S/c1-22-10-2-3-11(15)8(4-10)7-23-13-18-12-9(5-16)6-17-20(12)14(21)19-13/h2-4,6H,7H2,1H3,(H,18,19,21). The number of halogens is 1. The third-order valence-corrected chi connectivity index (χ3v) is 4.39. The van der Waals surface area contributed by atoms with Crippen molar-refractivity contribution in [2.24, 2.45) is 0 Å². The summed E-state index contributed by atoms with van der Waals surface area (Å²) >= 11 is 7.46. The Hall–Kier alpha value is -2.50. The average Bonchev–Trinajstić information content (AvgIpc) is 2.97. The number of H-pyrrole nitrogens is 1. The number of nitriles is 1. The van der Waals surface area contributed by atoms with Crippen LogP contribution in [-0.4, -0.2) is 26.7 Å². The minimum absolute atomic E-state index is 0.232. The van der Waals surface area contributed by atoms with Crippen molar-refractivity contribution >= 4 is 29.0 Å². The Morgan fingerprint density at radius 2 is 2.35 bits per heavy atom. The molecule has 7 nitrogen and oxygen atoms in total. The minimum atomic E-state index is -0.448. The van der Waals surface area contributed by atoms with Crippen LogP contribution in [0.4, 0.5) is 0 Å². The summed E-state index contributed by atoms with van der Waals surface area (Å²) in [5.41, 5.74) is 0.885. The van der Waals surface area contributed by atoms with Crippen molar-refractivity contribution in [1.82, 2.24) is 19.6 Å². The van der Waals surface area contributed by atoms with Gasteiger partial charge < -0.3 is 4.74 Å². The Labute approximate surface area is 139 Å². The highest BCUT2D eigenvalue weighted by Crippen LogP contribution is 2.27. The molecule has 9 heteroatoms. The molecule has 3 rings (SSSR count). The van der Waals surface area contributed by atoms with E-state index in [-0.39, 0.29) is 11.2 Å². The molecule has 2 heterocycles. The van der Waals surface area contributed by atoms with Crippen LogP contribution in [0.15, 0.2) is 34.3 Å². The summed E-state index contributed by atoms with van der Waals surface area (Å²) in [6.07, 6.45) is 1.31. The third kappa shape index (κ3) is 3.02. The number of benzene rings is 1. The molecule has 2 aromatic heterocycles. The Morgan fingerprint density at radius 1 is 1.52 bits per heavy atom. The van der Waals surface area contributed by atoms with Gasteiger partial charge in [-0.2, -0.15) is 14.9 Å². The van der Waals surface area contributed by atoms with Crippen molar-refractivity contribution in [3.63, 3.8) is 0 Å². The molecule has 0 atom stereocenters. The normalized spacial score (nSPS) is 10.7. The second-order valence-electron chi connectivity index (χ2n) is 4.50. The molecule has 0 amide bonds. The van der Waals surface area contributed by atoms with Gasteiger partial charge in [0.25, 0.3) is 0 Å². The fourth-order valence-corrected chi connectivity index (χ4v) is 3.05. The van der Waals surface area contributed by atoms with Crippen LogP contribution in [0.5, 0.6) is 5.75 Å². The predicted molar refractivity (Wildman–Crippen MR) is 85.9 cm³/mol. The smallest absolute Gasteiger partial charge is 0.350 e. The molecule has 0 saturated heterocycles. The lowest BCUT2D eigenvalue weighted by atomic mass is 10.2. The number of fused-ring (bicyclic) bond motifs is 1. The zero-order valence-electron chi connectivity index (χ0n) is 11.9. The van der Waals surface area contributed by atoms with Crippen LogP contribution in [-0.2, 0) is 5.75 Å². The molecule has 0 aliphatic heterocycles. The van der Waals surface area contributed by atoms with Crippen molar-refractivity contribution in [2.45, 2.75) is 10.9 Å². The van der Waals surface area contributed by atoms with Gasteiger partial charge in [0.2, 0.25) is 0 Å². The minimum Gasteiger partial charge on any atom is -0.497 e. The van der Waals surface area contributed by atoms with Gasteiger partial charge in [0.1, 0.15) is 17.4 Å². The number of nitrogens with zero attached hydrogens (tertiary/aromatic N) is 4. The highest BCUT2D eigenvalue weighted by molar-refractivity contribution is 7.98. The monoisotopic (exact) mass is 347 g/mol. The largest absolute Gasteiger partial charge is 0.497 e. The molecule has 0 unspecified atom stereocenters. The van der Waals surface area contributed by atoms with Gasteiger partial charge in [-0.1, -0.05) is 23.4 Å². The lowest BCUT2D eigenvalue weighted by molar-refractivity contribution is 0.414. The number of thioether (sulfide) groups is 1. The van der Waals surface area contributed by atoms with Gasteiger partial charge in [-0.15, -0.1) is 0 Å². The van der Waals surface area contributed by atoms with Crippen molar-refractivity contribution in [3.05, 3.63) is 51.0 Å². The number of aromatic nitrogens is 4. The van der Waals surface area contributed by atoms with E-state index in [2.05, 4.69) is 15.1 Å². The maximum atomic E-state index is 11.9. The van der Waals surface area contributed by atoms with Gasteiger partial charge in [-0.3, -0.25) is 4.98 Å². The number of methoxy groups -OCH3 is 1. The molecule has 1 N–H and O–H groups in total.